The van der Waals surface area contributed by atoms with Gasteiger partial charge >= 0.3 is 0 Å². The van der Waals surface area contributed by atoms with E-state index < -0.39 is 0 Å². The Morgan fingerprint density at radius 3 is 2.81 bits per heavy atom. The van der Waals surface area contributed by atoms with Crippen molar-refractivity contribution in [2.45, 2.75) is 45.6 Å². The minimum absolute atomic E-state index is 0.963. The Morgan fingerprint density at radius 2 is 2.05 bits per heavy atom. The van der Waals surface area contributed by atoms with Crippen LogP contribution in [0.25, 0.3) is 10.9 Å². The van der Waals surface area contributed by atoms with Gasteiger partial charge in [-0.3, -0.25) is 0 Å². The molecule has 1 aliphatic rings. The largest absolute Gasteiger partial charge is 0.346 e. The van der Waals surface area contributed by atoms with E-state index >= 15 is 0 Å². The SMILES string of the molecule is Cc1c(CNCCC2=CCCCC2)n(C)c2ccccc12. The summed E-state index contributed by atoms with van der Waals surface area (Å²) in [4.78, 5) is 0. The van der Waals surface area contributed by atoms with Gasteiger partial charge in [-0.1, -0.05) is 29.8 Å². The van der Waals surface area contributed by atoms with Crippen molar-refractivity contribution in [3.63, 3.8) is 0 Å². The van der Waals surface area contributed by atoms with Crippen molar-refractivity contribution in [1.29, 1.82) is 0 Å². The van der Waals surface area contributed by atoms with E-state index in [0.29, 0.717) is 0 Å². The van der Waals surface area contributed by atoms with Crippen molar-refractivity contribution in [3.05, 3.63) is 47.2 Å². The lowest BCUT2D eigenvalue weighted by atomic mass is 9.97. The Morgan fingerprint density at radius 1 is 1.19 bits per heavy atom. The first-order valence-electron chi connectivity index (χ1n) is 8.19. The Hall–Kier alpha value is -1.54. The molecule has 1 N–H and O–H groups in total. The van der Waals surface area contributed by atoms with Crippen LogP contribution < -0.4 is 5.32 Å². The first kappa shape index (κ1) is 14.4. The molecule has 2 nitrogen and oxygen atoms in total. The summed E-state index contributed by atoms with van der Waals surface area (Å²) >= 11 is 0. The van der Waals surface area contributed by atoms with Gasteiger partial charge in [0.05, 0.1) is 0 Å². The van der Waals surface area contributed by atoms with Gasteiger partial charge in [-0.05, 0) is 57.2 Å². The molecule has 0 amide bonds. The summed E-state index contributed by atoms with van der Waals surface area (Å²) in [6.45, 7) is 4.29. The van der Waals surface area contributed by atoms with Gasteiger partial charge in [0, 0.05) is 30.2 Å². The number of nitrogens with zero attached hydrogens (tertiary/aromatic N) is 1. The van der Waals surface area contributed by atoms with Crippen LogP contribution in [0.4, 0.5) is 0 Å². The van der Waals surface area contributed by atoms with Crippen LogP contribution in [0.1, 0.15) is 43.4 Å². The molecule has 0 fully saturated rings. The van der Waals surface area contributed by atoms with Crippen molar-refractivity contribution in [2.24, 2.45) is 7.05 Å². The van der Waals surface area contributed by atoms with E-state index in [0.717, 1.165) is 13.1 Å². The van der Waals surface area contributed by atoms with Crippen LogP contribution in [-0.4, -0.2) is 11.1 Å². The molecular weight excluding hydrogens is 256 g/mol. The van der Waals surface area contributed by atoms with E-state index in [1.165, 1.54) is 54.3 Å². The van der Waals surface area contributed by atoms with Crippen LogP contribution in [0.2, 0.25) is 0 Å². The van der Waals surface area contributed by atoms with Crippen molar-refractivity contribution >= 4 is 10.9 Å². The molecule has 21 heavy (non-hydrogen) atoms. The second-order valence-corrected chi connectivity index (χ2v) is 6.18. The zero-order chi connectivity index (χ0) is 14.7. The minimum Gasteiger partial charge on any atom is -0.346 e. The number of rotatable bonds is 5. The highest BCUT2D eigenvalue weighted by atomic mass is 15.0. The Balaban J connectivity index is 1.61. The second-order valence-electron chi connectivity index (χ2n) is 6.18. The van der Waals surface area contributed by atoms with E-state index in [1.807, 2.05) is 0 Å². The summed E-state index contributed by atoms with van der Waals surface area (Å²) < 4.78 is 2.33. The molecule has 0 unspecified atom stereocenters. The third kappa shape index (κ3) is 3.06. The molecule has 0 saturated heterocycles. The topological polar surface area (TPSA) is 17.0 Å². The summed E-state index contributed by atoms with van der Waals surface area (Å²) in [5, 5.41) is 5.01. The van der Waals surface area contributed by atoms with Gasteiger partial charge in [0.1, 0.15) is 0 Å². The fourth-order valence-electron chi connectivity index (χ4n) is 3.47. The monoisotopic (exact) mass is 282 g/mol. The molecule has 0 spiro atoms. The maximum Gasteiger partial charge on any atom is 0.0483 e. The van der Waals surface area contributed by atoms with Crippen molar-refractivity contribution in [2.75, 3.05) is 6.54 Å². The van der Waals surface area contributed by atoms with Gasteiger partial charge in [-0.15, -0.1) is 0 Å². The van der Waals surface area contributed by atoms with Crippen molar-refractivity contribution in [3.8, 4) is 0 Å². The third-order valence-corrected chi connectivity index (χ3v) is 4.81. The fraction of sp³-hybridized carbons (Fsp3) is 0.474. The molecule has 0 aliphatic heterocycles. The standard InChI is InChI=1S/C19H26N2/c1-15-17-10-6-7-11-18(17)21(2)19(15)14-20-13-12-16-8-4-3-5-9-16/h6-8,10-11,20H,3-5,9,12-14H2,1-2H3. The predicted octanol–water partition coefficient (Wildman–Crippen LogP) is 4.47. The van der Waals surface area contributed by atoms with Gasteiger partial charge in [0.15, 0.2) is 0 Å². The van der Waals surface area contributed by atoms with E-state index in [4.69, 9.17) is 0 Å². The predicted molar refractivity (Wildman–Crippen MR) is 90.5 cm³/mol. The van der Waals surface area contributed by atoms with Gasteiger partial charge in [0.25, 0.3) is 0 Å². The van der Waals surface area contributed by atoms with Crippen LogP contribution in [0.3, 0.4) is 0 Å². The molecule has 112 valence electrons. The Kier molecular flexibility index (Phi) is 4.45. The van der Waals surface area contributed by atoms with E-state index in [9.17, 15) is 0 Å². The van der Waals surface area contributed by atoms with Gasteiger partial charge in [-0.25, -0.2) is 0 Å². The zero-order valence-electron chi connectivity index (χ0n) is 13.3. The number of para-hydroxylation sites is 1. The first-order chi connectivity index (χ1) is 10.3. The highest BCUT2D eigenvalue weighted by molar-refractivity contribution is 5.85. The maximum atomic E-state index is 3.63. The average Bonchev–Trinajstić information content (AvgIpc) is 2.77. The average molecular weight is 282 g/mol. The summed E-state index contributed by atoms with van der Waals surface area (Å²) in [6.07, 6.45) is 9.03. The van der Waals surface area contributed by atoms with Crippen molar-refractivity contribution < 1.29 is 0 Å². The normalized spacial score (nSPS) is 15.4. The number of aromatic nitrogens is 1. The summed E-state index contributed by atoms with van der Waals surface area (Å²) in [5.41, 5.74) is 5.82. The molecule has 0 radical (unpaired) electrons. The molecule has 2 heteroatoms. The highest BCUT2D eigenvalue weighted by Gasteiger charge is 2.10. The first-order valence-corrected chi connectivity index (χ1v) is 8.19. The molecule has 1 aromatic heterocycles. The van der Waals surface area contributed by atoms with Gasteiger partial charge in [-0.2, -0.15) is 0 Å². The lowest BCUT2D eigenvalue weighted by Crippen LogP contribution is -2.18. The smallest absolute Gasteiger partial charge is 0.0483 e. The lowest BCUT2D eigenvalue weighted by molar-refractivity contribution is 0.619. The Bertz CT molecular complexity index is 610. The lowest BCUT2D eigenvalue weighted by Gasteiger charge is -2.13. The molecule has 0 bridgehead atoms. The Labute approximate surface area is 127 Å². The minimum atomic E-state index is 0.963. The molecule has 2 aromatic rings. The highest BCUT2D eigenvalue weighted by Crippen LogP contribution is 2.24. The van der Waals surface area contributed by atoms with E-state index in [2.05, 4.69) is 54.2 Å². The van der Waals surface area contributed by atoms with Crippen LogP contribution in [0.15, 0.2) is 35.9 Å². The van der Waals surface area contributed by atoms with Crippen LogP contribution in [-0.2, 0) is 13.6 Å². The molecule has 3 rings (SSSR count). The molecule has 1 aromatic carbocycles. The van der Waals surface area contributed by atoms with Gasteiger partial charge < -0.3 is 9.88 Å². The fourth-order valence-corrected chi connectivity index (χ4v) is 3.47. The third-order valence-electron chi connectivity index (χ3n) is 4.81. The summed E-state index contributed by atoms with van der Waals surface area (Å²) in [5.74, 6) is 0. The number of allylic oxidation sites excluding steroid dienone is 1. The zero-order valence-corrected chi connectivity index (χ0v) is 13.3. The van der Waals surface area contributed by atoms with Crippen LogP contribution >= 0.6 is 0 Å². The molecule has 1 heterocycles. The number of nitrogens with one attached hydrogen (secondary N) is 1. The number of aryl methyl sites for hydroxylation is 2. The molecule has 1 aliphatic carbocycles. The molecule has 0 atom stereocenters. The number of hydrogen-bond donors (Lipinski definition) is 1. The van der Waals surface area contributed by atoms with E-state index in [-0.39, 0.29) is 0 Å². The number of fused-ring (bicyclic) bond motifs is 1. The van der Waals surface area contributed by atoms with Crippen LogP contribution in [0.5, 0.6) is 0 Å². The van der Waals surface area contributed by atoms with Crippen LogP contribution in [0, 0.1) is 6.92 Å². The number of hydrogen-bond acceptors (Lipinski definition) is 1. The summed E-state index contributed by atoms with van der Waals surface area (Å²) in [6, 6.07) is 8.68. The second kappa shape index (κ2) is 6.48. The maximum absolute atomic E-state index is 3.63. The van der Waals surface area contributed by atoms with Gasteiger partial charge in [0.2, 0.25) is 0 Å². The molecule has 0 saturated carbocycles. The quantitative estimate of drug-likeness (QED) is 0.632. The molecular formula is C19H26N2. The summed E-state index contributed by atoms with van der Waals surface area (Å²) in [7, 11) is 2.18. The van der Waals surface area contributed by atoms with Crippen molar-refractivity contribution in [1.82, 2.24) is 9.88 Å². The van der Waals surface area contributed by atoms with E-state index in [1.54, 1.807) is 5.57 Å². The number of benzene rings is 1.